The van der Waals surface area contributed by atoms with Gasteiger partial charge in [0.05, 0.1) is 38.8 Å². The van der Waals surface area contributed by atoms with Crippen LogP contribution in [0.2, 0.25) is 0 Å². The van der Waals surface area contributed by atoms with Crippen LogP contribution in [0.3, 0.4) is 0 Å². The monoisotopic (exact) mass is 397 g/mol. The van der Waals surface area contributed by atoms with Crippen LogP contribution in [0, 0.1) is 0 Å². The van der Waals surface area contributed by atoms with Gasteiger partial charge in [-0.25, -0.2) is 13.9 Å². The molecule has 1 aromatic heterocycles. The molecule has 0 amide bonds. The Bertz CT molecular complexity index is 767. The van der Waals surface area contributed by atoms with E-state index in [2.05, 4.69) is 25.6 Å². The van der Waals surface area contributed by atoms with Gasteiger partial charge in [0.25, 0.3) is 0 Å². The fraction of sp³-hybridized carbons (Fsp3) is 0.438. The van der Waals surface area contributed by atoms with Gasteiger partial charge in [-0.3, -0.25) is 4.57 Å². The zero-order valence-corrected chi connectivity index (χ0v) is 16.0. The third kappa shape index (κ3) is 3.22. The van der Waals surface area contributed by atoms with Crippen molar-refractivity contribution in [1.82, 2.24) is 14.3 Å². The van der Waals surface area contributed by atoms with Gasteiger partial charge in [-0.1, -0.05) is 15.9 Å². The van der Waals surface area contributed by atoms with Crippen molar-refractivity contribution >= 4 is 26.9 Å². The predicted molar refractivity (Wildman–Crippen MR) is 95.0 cm³/mol. The molecule has 0 saturated heterocycles. The number of nitrogens with one attached hydrogen (secondary N) is 1. The molecule has 1 aliphatic heterocycles. The second kappa shape index (κ2) is 6.03. The Kier molecular flexibility index (Phi) is 4.37. The molecule has 1 N–H and O–H groups in total. The molecule has 0 fully saturated rings. The summed E-state index contributed by atoms with van der Waals surface area (Å²) >= 11 is 3.46. The minimum absolute atomic E-state index is 0.119. The topological polar surface area (TPSA) is 56.2 Å². The van der Waals surface area contributed by atoms with Gasteiger partial charge in [0.1, 0.15) is 18.7 Å². The smallest absolute Gasteiger partial charge is 0.145 e. The van der Waals surface area contributed by atoms with Crippen molar-refractivity contribution in [3.8, 4) is 11.4 Å². The van der Waals surface area contributed by atoms with E-state index in [4.69, 9.17) is 4.74 Å². The summed E-state index contributed by atoms with van der Waals surface area (Å²) in [6.45, 7) is 8.27. The van der Waals surface area contributed by atoms with Gasteiger partial charge in [0.15, 0.2) is 0 Å². The lowest BCUT2D eigenvalue weighted by Gasteiger charge is -2.24. The molecule has 0 bridgehead atoms. The van der Waals surface area contributed by atoms with Crippen LogP contribution in [0.4, 0.5) is 0 Å². The van der Waals surface area contributed by atoms with Gasteiger partial charge in [-0.2, -0.15) is 0 Å². The van der Waals surface area contributed by atoms with Crippen molar-refractivity contribution in [2.45, 2.75) is 45.1 Å². The maximum Gasteiger partial charge on any atom is 0.145 e. The highest BCUT2D eigenvalue weighted by atomic mass is 79.9. The average molecular weight is 398 g/mol. The lowest BCUT2D eigenvalue weighted by molar-refractivity contribution is 0.282. The lowest BCUT2D eigenvalue weighted by atomic mass is 10.2. The zero-order valence-electron chi connectivity index (χ0n) is 13.6. The minimum atomic E-state index is -1.15. The van der Waals surface area contributed by atoms with E-state index in [9.17, 15) is 4.21 Å². The Morgan fingerprint density at radius 2 is 2.17 bits per heavy atom. The first-order valence-electron chi connectivity index (χ1n) is 7.44. The minimum Gasteiger partial charge on any atom is -0.485 e. The molecule has 1 aliphatic rings. The van der Waals surface area contributed by atoms with E-state index in [1.165, 1.54) is 0 Å². The third-order valence-electron chi connectivity index (χ3n) is 3.69. The van der Waals surface area contributed by atoms with Crippen molar-refractivity contribution in [1.29, 1.82) is 0 Å². The fourth-order valence-electron chi connectivity index (χ4n) is 2.44. The number of nitrogens with zero attached hydrogens (tertiary/aromatic N) is 2. The van der Waals surface area contributed by atoms with Crippen molar-refractivity contribution in [2.75, 3.05) is 0 Å². The SMILES string of the molecule is C[C@H](N[S@@](=O)C(C)(C)C)c1ncn2c1COc1cc(Br)ccc1-2. The van der Waals surface area contributed by atoms with Gasteiger partial charge in [0, 0.05) is 4.47 Å². The van der Waals surface area contributed by atoms with Crippen LogP contribution < -0.4 is 9.46 Å². The van der Waals surface area contributed by atoms with Crippen LogP contribution >= 0.6 is 15.9 Å². The van der Waals surface area contributed by atoms with Gasteiger partial charge in [-0.15, -0.1) is 0 Å². The number of hydrogen-bond acceptors (Lipinski definition) is 3. The van der Waals surface area contributed by atoms with E-state index in [0.29, 0.717) is 6.61 Å². The van der Waals surface area contributed by atoms with Crippen molar-refractivity contribution in [3.63, 3.8) is 0 Å². The largest absolute Gasteiger partial charge is 0.485 e. The van der Waals surface area contributed by atoms with E-state index >= 15 is 0 Å². The van der Waals surface area contributed by atoms with Crippen molar-refractivity contribution in [2.24, 2.45) is 0 Å². The Morgan fingerprint density at radius 1 is 1.43 bits per heavy atom. The Morgan fingerprint density at radius 3 is 2.87 bits per heavy atom. The Balaban J connectivity index is 1.91. The molecule has 124 valence electrons. The van der Waals surface area contributed by atoms with E-state index in [1.54, 1.807) is 6.33 Å². The number of hydrogen-bond donors (Lipinski definition) is 1. The van der Waals surface area contributed by atoms with E-state index in [-0.39, 0.29) is 10.8 Å². The fourth-order valence-corrected chi connectivity index (χ4v) is 3.57. The van der Waals surface area contributed by atoms with Crippen LogP contribution in [0.5, 0.6) is 5.75 Å². The van der Waals surface area contributed by atoms with Gasteiger partial charge in [-0.05, 0) is 45.9 Å². The van der Waals surface area contributed by atoms with E-state index in [0.717, 1.165) is 27.3 Å². The third-order valence-corrected chi connectivity index (χ3v) is 5.87. The van der Waals surface area contributed by atoms with Crippen LogP contribution in [-0.4, -0.2) is 18.5 Å². The number of halogens is 1. The summed E-state index contributed by atoms with van der Waals surface area (Å²) in [7, 11) is -1.15. The average Bonchev–Trinajstić information content (AvgIpc) is 2.89. The maximum atomic E-state index is 12.3. The molecule has 0 radical (unpaired) electrons. The summed E-state index contributed by atoms with van der Waals surface area (Å²) in [5.74, 6) is 0.828. The first-order chi connectivity index (χ1) is 10.8. The highest BCUT2D eigenvalue weighted by Crippen LogP contribution is 2.34. The standard InChI is InChI=1S/C16H20BrN3O2S/c1-10(19-23(21)16(2,3)4)15-13-8-22-14-7-11(17)5-6-12(14)20(13)9-18-15/h5-7,9-10,19H,8H2,1-4H3/t10-,23-/m0/s1. The Hall–Kier alpha value is -1.18. The molecule has 2 heterocycles. The van der Waals surface area contributed by atoms with E-state index in [1.807, 2.05) is 50.5 Å². The quantitative estimate of drug-likeness (QED) is 0.859. The molecule has 1 aromatic carbocycles. The number of ether oxygens (including phenoxy) is 1. The summed E-state index contributed by atoms with van der Waals surface area (Å²) in [5.41, 5.74) is 2.83. The lowest BCUT2D eigenvalue weighted by Crippen LogP contribution is -2.35. The molecule has 3 rings (SSSR count). The molecule has 23 heavy (non-hydrogen) atoms. The van der Waals surface area contributed by atoms with Crippen molar-refractivity contribution < 1.29 is 8.95 Å². The van der Waals surface area contributed by atoms with Gasteiger partial charge < -0.3 is 4.74 Å². The van der Waals surface area contributed by atoms with E-state index < -0.39 is 11.0 Å². The number of fused-ring (bicyclic) bond motifs is 3. The molecule has 7 heteroatoms. The second-order valence-electron chi connectivity index (χ2n) is 6.57. The number of imidazole rings is 1. The normalized spacial score (nSPS) is 16.2. The van der Waals surface area contributed by atoms with Gasteiger partial charge in [0.2, 0.25) is 0 Å². The zero-order chi connectivity index (χ0) is 16.8. The first kappa shape index (κ1) is 16.7. The number of rotatable bonds is 3. The molecular formula is C16H20BrN3O2S. The Labute approximate surface area is 147 Å². The first-order valence-corrected chi connectivity index (χ1v) is 9.38. The number of aromatic nitrogens is 2. The summed E-state index contributed by atoms with van der Waals surface area (Å²) in [4.78, 5) is 4.53. The summed E-state index contributed by atoms with van der Waals surface area (Å²) in [5, 5.41) is 0. The molecule has 0 aliphatic carbocycles. The maximum absolute atomic E-state index is 12.3. The second-order valence-corrected chi connectivity index (χ2v) is 9.48. The molecule has 0 spiro atoms. The molecule has 2 aromatic rings. The van der Waals surface area contributed by atoms with Gasteiger partial charge >= 0.3 is 0 Å². The molecule has 5 nitrogen and oxygen atoms in total. The predicted octanol–water partition coefficient (Wildman–Crippen LogP) is 3.64. The highest BCUT2D eigenvalue weighted by molar-refractivity contribution is 9.10. The van der Waals surface area contributed by atoms with Crippen LogP contribution in [0.1, 0.15) is 45.1 Å². The van der Waals surface area contributed by atoms with Crippen LogP contribution in [0.25, 0.3) is 5.69 Å². The molecular weight excluding hydrogens is 378 g/mol. The summed E-state index contributed by atoms with van der Waals surface area (Å²) in [6.07, 6.45) is 1.80. The molecule has 2 atom stereocenters. The van der Waals surface area contributed by atoms with Crippen molar-refractivity contribution in [3.05, 3.63) is 40.4 Å². The molecule has 0 unspecified atom stereocenters. The number of benzene rings is 1. The summed E-state index contributed by atoms with van der Waals surface area (Å²) in [6, 6.07) is 5.81. The summed E-state index contributed by atoms with van der Waals surface area (Å²) < 4.78 is 24.0. The highest BCUT2D eigenvalue weighted by Gasteiger charge is 2.27. The van der Waals surface area contributed by atoms with Crippen LogP contribution in [0.15, 0.2) is 29.0 Å². The van der Waals surface area contributed by atoms with Crippen LogP contribution in [-0.2, 0) is 17.6 Å². The molecule has 0 saturated carbocycles.